The van der Waals surface area contributed by atoms with Gasteiger partial charge in [-0.2, -0.15) is 0 Å². The molecule has 1 amide bonds. The van der Waals surface area contributed by atoms with Crippen molar-refractivity contribution in [2.24, 2.45) is 11.3 Å². The number of likely N-dealkylation sites (tertiary alicyclic amines) is 1. The average molecular weight is 316 g/mol. The lowest BCUT2D eigenvalue weighted by Gasteiger charge is -2.35. The number of piperidine rings is 1. The monoisotopic (exact) mass is 316 g/mol. The van der Waals surface area contributed by atoms with E-state index in [1.165, 1.54) is 24.0 Å². The molecule has 1 aromatic carbocycles. The summed E-state index contributed by atoms with van der Waals surface area (Å²) in [5, 5.41) is 0. The number of carbonyl (C=O) groups is 1. The summed E-state index contributed by atoms with van der Waals surface area (Å²) in [6.45, 7) is 12.4. The van der Waals surface area contributed by atoms with Gasteiger partial charge in [-0.3, -0.25) is 9.69 Å². The second-order valence-corrected chi connectivity index (χ2v) is 8.08. The van der Waals surface area contributed by atoms with Gasteiger partial charge in [-0.25, -0.2) is 0 Å². The van der Waals surface area contributed by atoms with Crippen LogP contribution in [-0.4, -0.2) is 42.4 Å². The van der Waals surface area contributed by atoms with Gasteiger partial charge in [0.2, 0.25) is 5.91 Å². The van der Waals surface area contributed by atoms with Crippen LogP contribution in [0.3, 0.4) is 0 Å². The van der Waals surface area contributed by atoms with Gasteiger partial charge in [-0.1, -0.05) is 45.0 Å². The molecular formula is C20H32N2O. The van der Waals surface area contributed by atoms with Crippen LogP contribution in [-0.2, 0) is 11.3 Å². The standard InChI is InChI=1S/C20H32N2O/c1-16-8-6-7-9-18(16)15-22-12-10-17(11-13-22)14-21(5)19(23)20(2,3)4/h6-9,17H,10-15H2,1-5H3. The van der Waals surface area contributed by atoms with Gasteiger partial charge in [0.25, 0.3) is 0 Å². The van der Waals surface area contributed by atoms with Crippen molar-refractivity contribution in [3.8, 4) is 0 Å². The van der Waals surface area contributed by atoms with E-state index in [2.05, 4.69) is 36.1 Å². The Hall–Kier alpha value is -1.35. The minimum atomic E-state index is -0.277. The van der Waals surface area contributed by atoms with Gasteiger partial charge in [0.15, 0.2) is 0 Å². The highest BCUT2D eigenvalue weighted by atomic mass is 16.2. The summed E-state index contributed by atoms with van der Waals surface area (Å²) in [5.74, 6) is 0.888. The molecule has 1 aliphatic heterocycles. The van der Waals surface area contributed by atoms with Gasteiger partial charge in [0.05, 0.1) is 0 Å². The lowest BCUT2D eigenvalue weighted by atomic mass is 9.92. The van der Waals surface area contributed by atoms with E-state index in [0.29, 0.717) is 5.92 Å². The van der Waals surface area contributed by atoms with Crippen LogP contribution in [0.1, 0.15) is 44.7 Å². The Labute approximate surface area is 141 Å². The molecule has 0 bridgehead atoms. The van der Waals surface area contributed by atoms with Gasteiger partial charge >= 0.3 is 0 Å². The first kappa shape index (κ1) is 18.0. The van der Waals surface area contributed by atoms with Gasteiger partial charge < -0.3 is 4.90 Å². The van der Waals surface area contributed by atoms with Crippen molar-refractivity contribution in [3.63, 3.8) is 0 Å². The zero-order valence-corrected chi connectivity index (χ0v) is 15.4. The molecule has 23 heavy (non-hydrogen) atoms. The summed E-state index contributed by atoms with van der Waals surface area (Å²) in [6.07, 6.45) is 2.38. The summed E-state index contributed by atoms with van der Waals surface area (Å²) in [7, 11) is 1.95. The van der Waals surface area contributed by atoms with E-state index >= 15 is 0 Å². The lowest BCUT2D eigenvalue weighted by Crippen LogP contribution is -2.42. The van der Waals surface area contributed by atoms with Crippen molar-refractivity contribution in [1.29, 1.82) is 0 Å². The number of rotatable bonds is 4. The minimum absolute atomic E-state index is 0.250. The molecule has 2 rings (SSSR count). The molecule has 0 unspecified atom stereocenters. The maximum Gasteiger partial charge on any atom is 0.227 e. The van der Waals surface area contributed by atoms with E-state index in [4.69, 9.17) is 0 Å². The van der Waals surface area contributed by atoms with E-state index in [0.717, 1.165) is 26.2 Å². The van der Waals surface area contributed by atoms with Crippen molar-refractivity contribution >= 4 is 5.91 Å². The number of hydrogen-bond donors (Lipinski definition) is 0. The summed E-state index contributed by atoms with van der Waals surface area (Å²) >= 11 is 0. The maximum absolute atomic E-state index is 12.3. The normalized spacial score (nSPS) is 17.3. The maximum atomic E-state index is 12.3. The molecule has 3 nitrogen and oxygen atoms in total. The second kappa shape index (κ2) is 7.48. The van der Waals surface area contributed by atoms with Crippen LogP contribution in [0, 0.1) is 18.3 Å². The molecule has 0 spiro atoms. The van der Waals surface area contributed by atoms with Gasteiger partial charge in [-0.05, 0) is 49.9 Å². The van der Waals surface area contributed by atoms with Crippen LogP contribution in [0.4, 0.5) is 0 Å². The van der Waals surface area contributed by atoms with Crippen LogP contribution >= 0.6 is 0 Å². The Morgan fingerprint density at radius 1 is 1.22 bits per heavy atom. The fourth-order valence-corrected chi connectivity index (χ4v) is 3.40. The summed E-state index contributed by atoms with van der Waals surface area (Å²) in [4.78, 5) is 16.8. The molecule has 1 aliphatic rings. The Morgan fingerprint density at radius 3 is 2.39 bits per heavy atom. The molecular weight excluding hydrogens is 284 g/mol. The van der Waals surface area contributed by atoms with Crippen molar-refractivity contribution < 1.29 is 4.79 Å². The first-order valence-corrected chi connectivity index (χ1v) is 8.80. The highest BCUT2D eigenvalue weighted by molar-refractivity contribution is 5.81. The van der Waals surface area contributed by atoms with Gasteiger partial charge in [-0.15, -0.1) is 0 Å². The van der Waals surface area contributed by atoms with E-state index in [9.17, 15) is 4.79 Å². The van der Waals surface area contributed by atoms with Crippen LogP contribution in [0.25, 0.3) is 0 Å². The molecule has 1 aromatic rings. The Morgan fingerprint density at radius 2 is 1.83 bits per heavy atom. The minimum Gasteiger partial charge on any atom is -0.345 e. The molecule has 1 fully saturated rings. The van der Waals surface area contributed by atoms with Crippen molar-refractivity contribution in [2.45, 2.75) is 47.1 Å². The Balaban J connectivity index is 1.80. The molecule has 0 aliphatic carbocycles. The Kier molecular flexibility index (Phi) is 5.85. The highest BCUT2D eigenvalue weighted by Gasteiger charge is 2.28. The number of benzene rings is 1. The van der Waals surface area contributed by atoms with Crippen LogP contribution < -0.4 is 0 Å². The third-order valence-electron chi connectivity index (χ3n) is 4.88. The molecule has 0 radical (unpaired) electrons. The van der Waals surface area contributed by atoms with Gasteiger partial charge in [0.1, 0.15) is 0 Å². The number of aryl methyl sites for hydroxylation is 1. The van der Waals surface area contributed by atoms with Gasteiger partial charge in [0, 0.05) is 25.6 Å². The summed E-state index contributed by atoms with van der Waals surface area (Å²) < 4.78 is 0. The van der Waals surface area contributed by atoms with Crippen LogP contribution in [0.15, 0.2) is 24.3 Å². The van der Waals surface area contributed by atoms with E-state index < -0.39 is 0 Å². The molecule has 128 valence electrons. The topological polar surface area (TPSA) is 23.6 Å². The summed E-state index contributed by atoms with van der Waals surface area (Å²) in [5.41, 5.74) is 2.54. The number of amides is 1. The van der Waals surface area contributed by atoms with Crippen molar-refractivity contribution in [1.82, 2.24) is 9.80 Å². The van der Waals surface area contributed by atoms with E-state index in [1.807, 2.05) is 32.7 Å². The predicted molar refractivity (Wildman–Crippen MR) is 96.3 cm³/mol. The summed E-state index contributed by atoms with van der Waals surface area (Å²) in [6, 6.07) is 8.65. The van der Waals surface area contributed by atoms with E-state index in [-0.39, 0.29) is 11.3 Å². The quantitative estimate of drug-likeness (QED) is 0.845. The third-order valence-corrected chi connectivity index (χ3v) is 4.88. The average Bonchev–Trinajstić information content (AvgIpc) is 2.49. The number of carbonyl (C=O) groups excluding carboxylic acids is 1. The molecule has 0 saturated carbocycles. The van der Waals surface area contributed by atoms with Crippen molar-refractivity contribution in [3.05, 3.63) is 35.4 Å². The second-order valence-electron chi connectivity index (χ2n) is 8.08. The number of hydrogen-bond acceptors (Lipinski definition) is 2. The molecule has 3 heteroatoms. The third kappa shape index (κ3) is 5.07. The van der Waals surface area contributed by atoms with Crippen LogP contribution in [0.2, 0.25) is 0 Å². The molecule has 0 N–H and O–H groups in total. The first-order chi connectivity index (χ1) is 10.8. The zero-order chi connectivity index (χ0) is 17.0. The molecule has 0 aromatic heterocycles. The molecule has 0 atom stereocenters. The van der Waals surface area contributed by atoms with Crippen LogP contribution in [0.5, 0.6) is 0 Å². The smallest absolute Gasteiger partial charge is 0.227 e. The largest absolute Gasteiger partial charge is 0.345 e. The number of nitrogens with zero attached hydrogens (tertiary/aromatic N) is 2. The lowest BCUT2D eigenvalue weighted by molar-refractivity contribution is -0.138. The predicted octanol–water partition coefficient (Wildman–Crippen LogP) is 3.71. The molecule has 1 heterocycles. The first-order valence-electron chi connectivity index (χ1n) is 8.80. The van der Waals surface area contributed by atoms with E-state index in [1.54, 1.807) is 0 Å². The fourth-order valence-electron chi connectivity index (χ4n) is 3.40. The van der Waals surface area contributed by atoms with Crippen molar-refractivity contribution in [2.75, 3.05) is 26.7 Å². The highest BCUT2D eigenvalue weighted by Crippen LogP contribution is 2.23. The Bertz CT molecular complexity index is 525. The fraction of sp³-hybridized carbons (Fsp3) is 0.650. The molecule has 1 saturated heterocycles. The SMILES string of the molecule is Cc1ccccc1CN1CCC(CN(C)C(=O)C(C)(C)C)CC1. The zero-order valence-electron chi connectivity index (χ0n) is 15.4.